The van der Waals surface area contributed by atoms with Crippen molar-refractivity contribution in [3.8, 4) is 11.5 Å². The number of methoxy groups -OCH3 is 2. The molecule has 0 fully saturated rings. The summed E-state index contributed by atoms with van der Waals surface area (Å²) in [6.45, 7) is 1.78. The largest absolute Gasteiger partial charge is 0.493 e. The van der Waals surface area contributed by atoms with Gasteiger partial charge in [-0.2, -0.15) is 0 Å². The van der Waals surface area contributed by atoms with Gasteiger partial charge in [0.05, 0.1) is 14.2 Å². The number of benzene rings is 1. The van der Waals surface area contributed by atoms with Gasteiger partial charge in [-0.15, -0.1) is 0 Å². The summed E-state index contributed by atoms with van der Waals surface area (Å²) in [4.78, 5) is 10.8. The average molecular weight is 225 g/mol. The summed E-state index contributed by atoms with van der Waals surface area (Å²) in [7, 11) is 3.01. The molecule has 5 heteroatoms. The predicted molar refractivity (Wildman–Crippen MR) is 58.8 cm³/mol. The summed E-state index contributed by atoms with van der Waals surface area (Å²) in [6.07, 6.45) is 0. The van der Waals surface area contributed by atoms with E-state index >= 15 is 0 Å². The van der Waals surface area contributed by atoms with Gasteiger partial charge >= 0.3 is 5.97 Å². The SMILES string of the molecule is COc1cc(C)c(C(N)C(=O)O)cc1OC. The number of carboxylic acid groups (broad SMARTS) is 1. The van der Waals surface area contributed by atoms with Crippen molar-refractivity contribution < 1.29 is 19.4 Å². The van der Waals surface area contributed by atoms with Gasteiger partial charge in [-0.3, -0.25) is 4.79 Å². The molecule has 0 aliphatic heterocycles. The van der Waals surface area contributed by atoms with Crippen molar-refractivity contribution in [2.45, 2.75) is 13.0 Å². The molecule has 0 spiro atoms. The Balaban J connectivity index is 3.26. The molecule has 1 atom stereocenters. The second-order valence-electron chi connectivity index (χ2n) is 3.38. The normalized spacial score (nSPS) is 12.0. The molecule has 0 aliphatic rings. The van der Waals surface area contributed by atoms with Crippen molar-refractivity contribution in [3.63, 3.8) is 0 Å². The van der Waals surface area contributed by atoms with Crippen LogP contribution in [0.3, 0.4) is 0 Å². The minimum atomic E-state index is -1.07. The van der Waals surface area contributed by atoms with Crippen LogP contribution < -0.4 is 15.2 Å². The Bertz CT molecular complexity index is 403. The third-order valence-corrected chi connectivity index (χ3v) is 2.37. The number of ether oxygens (including phenoxy) is 2. The summed E-state index contributed by atoms with van der Waals surface area (Å²) >= 11 is 0. The molecule has 0 saturated carbocycles. The first kappa shape index (κ1) is 12.3. The number of carbonyl (C=O) groups is 1. The van der Waals surface area contributed by atoms with Gasteiger partial charge in [0.25, 0.3) is 0 Å². The fraction of sp³-hybridized carbons (Fsp3) is 0.364. The number of rotatable bonds is 4. The van der Waals surface area contributed by atoms with Crippen molar-refractivity contribution in [1.29, 1.82) is 0 Å². The van der Waals surface area contributed by atoms with Crippen LogP contribution in [0.1, 0.15) is 17.2 Å². The fourth-order valence-electron chi connectivity index (χ4n) is 1.46. The molecule has 0 heterocycles. The van der Waals surface area contributed by atoms with E-state index < -0.39 is 12.0 Å². The third kappa shape index (κ3) is 2.25. The Hall–Kier alpha value is -1.75. The average Bonchev–Trinajstić information content (AvgIpc) is 2.27. The van der Waals surface area contributed by atoms with E-state index in [9.17, 15) is 4.79 Å². The molecule has 1 aromatic carbocycles. The molecule has 3 N–H and O–H groups in total. The van der Waals surface area contributed by atoms with Gasteiger partial charge in [0.1, 0.15) is 6.04 Å². The van der Waals surface area contributed by atoms with Gasteiger partial charge in [-0.25, -0.2) is 0 Å². The minimum absolute atomic E-state index is 0.472. The topological polar surface area (TPSA) is 81.8 Å². The highest BCUT2D eigenvalue weighted by atomic mass is 16.5. The smallest absolute Gasteiger partial charge is 0.325 e. The molecule has 0 bridgehead atoms. The molecule has 1 rings (SSSR count). The summed E-state index contributed by atoms with van der Waals surface area (Å²) in [5, 5.41) is 8.85. The maximum atomic E-state index is 10.8. The van der Waals surface area contributed by atoms with Crippen LogP contribution in [0.15, 0.2) is 12.1 Å². The zero-order valence-corrected chi connectivity index (χ0v) is 9.48. The third-order valence-electron chi connectivity index (χ3n) is 2.37. The Morgan fingerprint density at radius 1 is 1.31 bits per heavy atom. The van der Waals surface area contributed by atoms with E-state index in [4.69, 9.17) is 20.3 Å². The quantitative estimate of drug-likeness (QED) is 0.801. The van der Waals surface area contributed by atoms with Crippen molar-refractivity contribution in [3.05, 3.63) is 23.3 Å². The number of nitrogens with two attached hydrogens (primary N) is 1. The lowest BCUT2D eigenvalue weighted by Crippen LogP contribution is -2.21. The second-order valence-corrected chi connectivity index (χ2v) is 3.38. The predicted octanol–water partition coefficient (Wildman–Crippen LogP) is 1.10. The molecule has 0 amide bonds. The van der Waals surface area contributed by atoms with Crippen molar-refractivity contribution in [2.75, 3.05) is 14.2 Å². The van der Waals surface area contributed by atoms with Crippen LogP contribution in [0.2, 0.25) is 0 Å². The van der Waals surface area contributed by atoms with Crippen molar-refractivity contribution in [2.24, 2.45) is 5.73 Å². The molecule has 5 nitrogen and oxygen atoms in total. The Kier molecular flexibility index (Phi) is 3.73. The van der Waals surface area contributed by atoms with Crippen LogP contribution in [-0.4, -0.2) is 25.3 Å². The van der Waals surface area contributed by atoms with Gasteiger partial charge in [0.15, 0.2) is 11.5 Å². The Morgan fingerprint density at radius 3 is 2.25 bits per heavy atom. The van der Waals surface area contributed by atoms with Gasteiger partial charge < -0.3 is 20.3 Å². The van der Waals surface area contributed by atoms with E-state index in [0.717, 1.165) is 5.56 Å². The van der Waals surface area contributed by atoms with Gasteiger partial charge in [-0.05, 0) is 30.2 Å². The first-order valence-electron chi connectivity index (χ1n) is 4.72. The lowest BCUT2D eigenvalue weighted by molar-refractivity contribution is -0.138. The minimum Gasteiger partial charge on any atom is -0.493 e. The zero-order valence-electron chi connectivity index (χ0n) is 9.48. The standard InChI is InChI=1S/C11H15NO4/c1-6-4-8(15-2)9(16-3)5-7(6)10(12)11(13)14/h4-5,10H,12H2,1-3H3,(H,13,14). The maximum Gasteiger partial charge on any atom is 0.325 e. The number of hydrogen-bond donors (Lipinski definition) is 2. The van der Waals surface area contributed by atoms with E-state index in [1.54, 1.807) is 19.1 Å². The molecule has 0 radical (unpaired) electrons. The van der Waals surface area contributed by atoms with Crippen molar-refractivity contribution in [1.82, 2.24) is 0 Å². The van der Waals surface area contributed by atoms with E-state index in [1.165, 1.54) is 14.2 Å². The fourth-order valence-corrected chi connectivity index (χ4v) is 1.46. The highest BCUT2D eigenvalue weighted by Crippen LogP contribution is 2.32. The van der Waals surface area contributed by atoms with E-state index in [2.05, 4.69) is 0 Å². The Morgan fingerprint density at radius 2 is 1.81 bits per heavy atom. The monoisotopic (exact) mass is 225 g/mol. The lowest BCUT2D eigenvalue weighted by atomic mass is 10.0. The van der Waals surface area contributed by atoms with E-state index in [-0.39, 0.29) is 0 Å². The molecule has 88 valence electrons. The summed E-state index contributed by atoms with van der Waals surface area (Å²) in [5.41, 5.74) is 6.83. The molecule has 0 saturated heterocycles. The molecule has 0 aromatic heterocycles. The van der Waals surface area contributed by atoms with Crippen LogP contribution in [0.5, 0.6) is 11.5 Å². The molecule has 1 aromatic rings. The summed E-state index contributed by atoms with van der Waals surface area (Å²) in [5.74, 6) is -0.0449. The van der Waals surface area contributed by atoms with E-state index in [0.29, 0.717) is 17.1 Å². The molecule has 0 aliphatic carbocycles. The van der Waals surface area contributed by atoms with E-state index in [1.807, 2.05) is 0 Å². The molecular formula is C11H15NO4. The highest BCUT2D eigenvalue weighted by Gasteiger charge is 2.19. The number of aliphatic carboxylic acids is 1. The van der Waals surface area contributed by atoms with Crippen LogP contribution >= 0.6 is 0 Å². The molecule has 1 unspecified atom stereocenters. The molecule has 16 heavy (non-hydrogen) atoms. The van der Waals surface area contributed by atoms with Gasteiger partial charge in [0.2, 0.25) is 0 Å². The van der Waals surface area contributed by atoms with Crippen LogP contribution in [0.25, 0.3) is 0 Å². The summed E-state index contributed by atoms with van der Waals surface area (Å²) < 4.78 is 10.2. The first-order chi connectivity index (χ1) is 7.51. The zero-order chi connectivity index (χ0) is 12.3. The number of carboxylic acids is 1. The highest BCUT2D eigenvalue weighted by molar-refractivity contribution is 5.76. The number of aryl methyl sites for hydroxylation is 1. The lowest BCUT2D eigenvalue weighted by Gasteiger charge is -2.15. The molecular weight excluding hydrogens is 210 g/mol. The summed E-state index contributed by atoms with van der Waals surface area (Å²) in [6, 6.07) is 2.24. The van der Waals surface area contributed by atoms with Crippen LogP contribution in [0.4, 0.5) is 0 Å². The van der Waals surface area contributed by atoms with Gasteiger partial charge in [-0.1, -0.05) is 0 Å². The van der Waals surface area contributed by atoms with Crippen LogP contribution in [0, 0.1) is 6.92 Å². The Labute approximate surface area is 93.8 Å². The van der Waals surface area contributed by atoms with Gasteiger partial charge in [0, 0.05) is 0 Å². The second kappa shape index (κ2) is 4.85. The maximum absolute atomic E-state index is 10.8. The number of hydrogen-bond acceptors (Lipinski definition) is 4. The first-order valence-corrected chi connectivity index (χ1v) is 4.72. The van der Waals surface area contributed by atoms with Crippen LogP contribution in [-0.2, 0) is 4.79 Å². The van der Waals surface area contributed by atoms with Crippen molar-refractivity contribution >= 4 is 5.97 Å².